The molecule has 0 saturated carbocycles. The van der Waals surface area contributed by atoms with Crippen molar-refractivity contribution in [1.29, 1.82) is 0 Å². The molecule has 0 aromatic rings. The SMILES string of the molecule is CN(C)C(CCN=C=O)C(=O)O. The van der Waals surface area contributed by atoms with Crippen LogP contribution >= 0.6 is 0 Å². The fraction of sp³-hybridized carbons (Fsp3) is 0.714. The van der Waals surface area contributed by atoms with Gasteiger partial charge in [-0.1, -0.05) is 0 Å². The van der Waals surface area contributed by atoms with Crippen LogP contribution in [0.25, 0.3) is 0 Å². The van der Waals surface area contributed by atoms with Gasteiger partial charge in [0.15, 0.2) is 0 Å². The molecule has 0 aliphatic heterocycles. The van der Waals surface area contributed by atoms with Crippen molar-refractivity contribution in [1.82, 2.24) is 4.90 Å². The van der Waals surface area contributed by atoms with Crippen molar-refractivity contribution >= 4 is 12.0 Å². The van der Waals surface area contributed by atoms with Gasteiger partial charge in [0.05, 0.1) is 6.54 Å². The van der Waals surface area contributed by atoms with E-state index in [0.717, 1.165) is 0 Å². The van der Waals surface area contributed by atoms with E-state index in [-0.39, 0.29) is 6.54 Å². The number of carboxylic acids is 1. The Kier molecular flexibility index (Phi) is 4.92. The van der Waals surface area contributed by atoms with Crippen LogP contribution in [0.15, 0.2) is 4.99 Å². The Bertz CT molecular complexity index is 197. The predicted molar refractivity (Wildman–Crippen MR) is 42.7 cm³/mol. The van der Waals surface area contributed by atoms with Gasteiger partial charge in [-0.3, -0.25) is 9.69 Å². The summed E-state index contributed by atoms with van der Waals surface area (Å²) >= 11 is 0. The summed E-state index contributed by atoms with van der Waals surface area (Å²) in [5.74, 6) is -0.902. The van der Waals surface area contributed by atoms with E-state index in [0.29, 0.717) is 6.42 Å². The van der Waals surface area contributed by atoms with Crippen LogP contribution in [0.3, 0.4) is 0 Å². The minimum atomic E-state index is -0.902. The van der Waals surface area contributed by atoms with Crippen molar-refractivity contribution in [2.45, 2.75) is 12.5 Å². The van der Waals surface area contributed by atoms with Crippen molar-refractivity contribution in [3.8, 4) is 0 Å². The number of carboxylic acid groups (broad SMARTS) is 1. The van der Waals surface area contributed by atoms with Gasteiger partial charge in [-0.25, -0.2) is 9.79 Å². The highest BCUT2D eigenvalue weighted by Crippen LogP contribution is 1.99. The van der Waals surface area contributed by atoms with Gasteiger partial charge in [-0.05, 0) is 20.5 Å². The van der Waals surface area contributed by atoms with Crippen LogP contribution in [0.2, 0.25) is 0 Å². The predicted octanol–water partition coefficient (Wildman–Crippen LogP) is -0.273. The molecule has 0 radical (unpaired) electrons. The first-order valence-electron chi connectivity index (χ1n) is 3.52. The third kappa shape index (κ3) is 3.85. The zero-order valence-corrected chi connectivity index (χ0v) is 7.15. The van der Waals surface area contributed by atoms with Gasteiger partial charge in [-0.2, -0.15) is 0 Å². The molecule has 1 unspecified atom stereocenters. The standard InChI is InChI=1S/C7H12N2O3/c1-9(2)6(7(11)12)3-4-8-5-10/h6H,3-4H2,1-2H3,(H,11,12). The van der Waals surface area contributed by atoms with E-state index in [2.05, 4.69) is 4.99 Å². The first kappa shape index (κ1) is 10.8. The van der Waals surface area contributed by atoms with Gasteiger partial charge in [0.1, 0.15) is 6.04 Å². The number of aliphatic imine (C=N–C) groups is 1. The number of carbonyl (C=O) groups is 1. The number of aliphatic carboxylic acids is 1. The molecule has 1 N–H and O–H groups in total. The van der Waals surface area contributed by atoms with Gasteiger partial charge in [0, 0.05) is 0 Å². The molecule has 0 heterocycles. The first-order valence-corrected chi connectivity index (χ1v) is 3.52. The van der Waals surface area contributed by atoms with E-state index < -0.39 is 12.0 Å². The second kappa shape index (κ2) is 5.46. The Morgan fingerprint density at radius 1 is 1.67 bits per heavy atom. The Balaban J connectivity index is 3.96. The number of isocyanates is 1. The molecule has 1 atom stereocenters. The average Bonchev–Trinajstić information content (AvgIpc) is 1.96. The molecule has 0 spiro atoms. The molecule has 68 valence electrons. The maximum absolute atomic E-state index is 10.6. The second-order valence-electron chi connectivity index (χ2n) is 2.58. The minimum absolute atomic E-state index is 0.207. The third-order valence-electron chi connectivity index (χ3n) is 1.49. The highest BCUT2D eigenvalue weighted by atomic mass is 16.4. The molecule has 0 fully saturated rings. The number of rotatable bonds is 5. The molecule has 0 aliphatic carbocycles. The summed E-state index contributed by atoms with van der Waals surface area (Å²) in [6.07, 6.45) is 1.70. The van der Waals surface area contributed by atoms with E-state index in [1.165, 1.54) is 6.08 Å². The molecule has 0 aromatic heterocycles. The van der Waals surface area contributed by atoms with E-state index in [1.54, 1.807) is 19.0 Å². The van der Waals surface area contributed by atoms with E-state index >= 15 is 0 Å². The maximum Gasteiger partial charge on any atom is 0.320 e. The zero-order valence-electron chi connectivity index (χ0n) is 7.15. The molecule has 0 rings (SSSR count). The highest BCUT2D eigenvalue weighted by molar-refractivity contribution is 5.73. The van der Waals surface area contributed by atoms with Crippen molar-refractivity contribution in [2.75, 3.05) is 20.6 Å². The third-order valence-corrected chi connectivity index (χ3v) is 1.49. The van der Waals surface area contributed by atoms with E-state index in [1.807, 2.05) is 0 Å². The number of hydrogen-bond acceptors (Lipinski definition) is 4. The Morgan fingerprint density at radius 3 is 2.58 bits per heavy atom. The molecule has 5 heteroatoms. The summed E-state index contributed by atoms with van der Waals surface area (Å²) in [4.78, 5) is 25.1. The smallest absolute Gasteiger partial charge is 0.320 e. The van der Waals surface area contributed by atoms with E-state index in [4.69, 9.17) is 5.11 Å². The molecule has 0 bridgehead atoms. The normalized spacial score (nSPS) is 12.2. The second-order valence-corrected chi connectivity index (χ2v) is 2.58. The summed E-state index contributed by atoms with van der Waals surface area (Å²) in [7, 11) is 3.34. The molecule has 0 amide bonds. The summed E-state index contributed by atoms with van der Waals surface area (Å²) in [5, 5.41) is 8.66. The number of carbonyl (C=O) groups excluding carboxylic acids is 1. The molecule has 5 nitrogen and oxygen atoms in total. The largest absolute Gasteiger partial charge is 0.480 e. The Hall–Kier alpha value is -1.19. The monoisotopic (exact) mass is 172 g/mol. The summed E-state index contributed by atoms with van der Waals surface area (Å²) in [6, 6.07) is -0.581. The van der Waals surface area contributed by atoms with Gasteiger partial charge in [0.25, 0.3) is 0 Å². The van der Waals surface area contributed by atoms with Crippen LogP contribution in [-0.2, 0) is 9.59 Å². The Labute approximate surface area is 70.7 Å². The lowest BCUT2D eigenvalue weighted by molar-refractivity contribution is -0.142. The number of nitrogens with zero attached hydrogens (tertiary/aromatic N) is 2. The highest BCUT2D eigenvalue weighted by Gasteiger charge is 2.18. The minimum Gasteiger partial charge on any atom is -0.480 e. The van der Waals surface area contributed by atoms with Gasteiger partial charge < -0.3 is 5.11 Å². The molecule has 0 saturated heterocycles. The first-order chi connectivity index (χ1) is 5.59. The number of likely N-dealkylation sites (N-methyl/N-ethyl adjacent to an activating group) is 1. The van der Waals surface area contributed by atoms with Crippen molar-refractivity contribution in [3.05, 3.63) is 0 Å². The van der Waals surface area contributed by atoms with Crippen LogP contribution in [0.4, 0.5) is 0 Å². The summed E-state index contributed by atoms with van der Waals surface area (Å²) < 4.78 is 0. The van der Waals surface area contributed by atoms with Gasteiger partial charge >= 0.3 is 5.97 Å². The molecule has 0 aromatic carbocycles. The maximum atomic E-state index is 10.6. The van der Waals surface area contributed by atoms with Crippen LogP contribution < -0.4 is 0 Å². The van der Waals surface area contributed by atoms with Crippen LogP contribution in [-0.4, -0.2) is 48.7 Å². The molecular weight excluding hydrogens is 160 g/mol. The van der Waals surface area contributed by atoms with Gasteiger partial charge in [0.2, 0.25) is 6.08 Å². The van der Waals surface area contributed by atoms with Crippen molar-refractivity contribution < 1.29 is 14.7 Å². The number of hydrogen-bond donors (Lipinski definition) is 1. The summed E-state index contributed by atoms with van der Waals surface area (Å²) in [6.45, 7) is 0.207. The zero-order chi connectivity index (χ0) is 9.56. The van der Waals surface area contributed by atoms with Gasteiger partial charge in [-0.15, -0.1) is 0 Å². The fourth-order valence-electron chi connectivity index (χ4n) is 0.835. The Morgan fingerprint density at radius 2 is 2.25 bits per heavy atom. The average molecular weight is 172 g/mol. The van der Waals surface area contributed by atoms with Crippen LogP contribution in [0.1, 0.15) is 6.42 Å². The molecule has 0 aliphatic rings. The van der Waals surface area contributed by atoms with Crippen molar-refractivity contribution in [3.63, 3.8) is 0 Å². The lowest BCUT2D eigenvalue weighted by Crippen LogP contribution is -2.36. The van der Waals surface area contributed by atoms with Crippen LogP contribution in [0.5, 0.6) is 0 Å². The lowest BCUT2D eigenvalue weighted by Gasteiger charge is -2.18. The van der Waals surface area contributed by atoms with E-state index in [9.17, 15) is 9.59 Å². The van der Waals surface area contributed by atoms with Crippen molar-refractivity contribution in [2.24, 2.45) is 4.99 Å². The molecule has 12 heavy (non-hydrogen) atoms. The quantitative estimate of drug-likeness (QED) is 0.457. The molecular formula is C7H12N2O3. The summed E-state index contributed by atoms with van der Waals surface area (Å²) in [5.41, 5.74) is 0. The van der Waals surface area contributed by atoms with Crippen LogP contribution in [0, 0.1) is 0 Å². The topological polar surface area (TPSA) is 70.0 Å². The lowest BCUT2D eigenvalue weighted by atomic mass is 10.2. The fourth-order valence-corrected chi connectivity index (χ4v) is 0.835.